The highest BCUT2D eigenvalue weighted by Crippen LogP contribution is 2.44. The average Bonchev–Trinajstić information content (AvgIpc) is 3.25. The number of carboxylic acid groups (broad SMARTS) is 1. The molecule has 4 rings (SSSR count). The van der Waals surface area contributed by atoms with Gasteiger partial charge in [0, 0.05) is 25.0 Å². The molecule has 158 valence electrons. The van der Waals surface area contributed by atoms with Crippen molar-refractivity contribution in [3.05, 3.63) is 59.7 Å². The highest BCUT2D eigenvalue weighted by Gasteiger charge is 2.42. The molecule has 0 spiro atoms. The van der Waals surface area contributed by atoms with Crippen LogP contribution >= 0.6 is 0 Å². The molecular formula is C24H28N2O4. The van der Waals surface area contributed by atoms with Gasteiger partial charge in [0.1, 0.15) is 6.61 Å². The van der Waals surface area contributed by atoms with E-state index in [1.807, 2.05) is 24.3 Å². The molecule has 6 heteroatoms. The first-order valence-electron chi connectivity index (χ1n) is 10.5. The number of hydrogen-bond acceptors (Lipinski definition) is 4. The molecule has 6 nitrogen and oxygen atoms in total. The van der Waals surface area contributed by atoms with E-state index in [2.05, 4.69) is 48.3 Å². The highest BCUT2D eigenvalue weighted by atomic mass is 16.5. The van der Waals surface area contributed by atoms with Crippen LogP contribution in [0.15, 0.2) is 48.5 Å². The van der Waals surface area contributed by atoms with Crippen molar-refractivity contribution < 1.29 is 19.4 Å². The van der Waals surface area contributed by atoms with Crippen LogP contribution in [0.4, 0.5) is 4.79 Å². The van der Waals surface area contributed by atoms with Crippen molar-refractivity contribution in [2.75, 3.05) is 19.7 Å². The number of nitrogens with one attached hydrogen (secondary N) is 1. The third kappa shape index (κ3) is 3.92. The summed E-state index contributed by atoms with van der Waals surface area (Å²) in [6, 6.07) is 16.7. The van der Waals surface area contributed by atoms with Crippen LogP contribution in [0.1, 0.15) is 43.7 Å². The molecule has 0 radical (unpaired) electrons. The number of alkyl carbamates (subject to hydrolysis) is 1. The minimum absolute atomic E-state index is 0.0192. The molecule has 1 fully saturated rings. The molecule has 0 aromatic heterocycles. The highest BCUT2D eigenvalue weighted by molar-refractivity contribution is 5.79. The molecule has 2 aromatic carbocycles. The molecule has 2 N–H and O–H groups in total. The molecule has 1 heterocycles. The predicted molar refractivity (Wildman–Crippen MR) is 115 cm³/mol. The monoisotopic (exact) mass is 408 g/mol. The number of likely N-dealkylation sites (tertiary alicyclic amines) is 1. The van der Waals surface area contributed by atoms with Gasteiger partial charge >= 0.3 is 12.1 Å². The van der Waals surface area contributed by atoms with Gasteiger partial charge in [-0.25, -0.2) is 4.79 Å². The molecule has 1 amide bonds. The Morgan fingerprint density at radius 3 is 2.27 bits per heavy atom. The number of nitrogens with zero attached hydrogens (tertiary/aromatic N) is 1. The number of ether oxygens (including phenoxy) is 1. The Morgan fingerprint density at radius 1 is 1.13 bits per heavy atom. The molecule has 0 saturated carbocycles. The van der Waals surface area contributed by atoms with Crippen molar-refractivity contribution in [2.24, 2.45) is 0 Å². The van der Waals surface area contributed by atoms with Crippen LogP contribution in [0.5, 0.6) is 0 Å². The lowest BCUT2D eigenvalue weighted by Crippen LogP contribution is -2.52. The lowest BCUT2D eigenvalue weighted by atomic mass is 9.94. The zero-order valence-corrected chi connectivity index (χ0v) is 17.4. The van der Waals surface area contributed by atoms with Crippen molar-refractivity contribution >= 4 is 12.1 Å². The van der Waals surface area contributed by atoms with Crippen LogP contribution in [-0.2, 0) is 9.53 Å². The smallest absolute Gasteiger partial charge is 0.407 e. The van der Waals surface area contributed by atoms with Crippen molar-refractivity contribution in [3.63, 3.8) is 0 Å². The fourth-order valence-corrected chi connectivity index (χ4v) is 4.78. The van der Waals surface area contributed by atoms with Gasteiger partial charge in [0.25, 0.3) is 0 Å². The Balaban J connectivity index is 1.46. The largest absolute Gasteiger partial charge is 0.481 e. The number of carbonyl (C=O) groups is 2. The van der Waals surface area contributed by atoms with E-state index in [1.165, 1.54) is 11.1 Å². The van der Waals surface area contributed by atoms with Crippen molar-refractivity contribution in [1.82, 2.24) is 10.2 Å². The lowest BCUT2D eigenvalue weighted by Gasteiger charge is -2.30. The van der Waals surface area contributed by atoms with E-state index >= 15 is 0 Å². The standard InChI is InChI=1S/C24H28N2O4/c1-16(2)26-12-11-24(15-26,13-22(27)28)25-23(29)30-14-21-19-9-5-3-7-17(19)18-8-4-6-10-20(18)21/h3-10,16,21H,11-15H2,1-2H3,(H,25,29)(H,27,28). The number of amides is 1. The summed E-state index contributed by atoms with van der Waals surface area (Å²) in [5, 5.41) is 12.3. The van der Waals surface area contributed by atoms with Crippen LogP contribution in [-0.4, -0.2) is 53.3 Å². The molecule has 0 bridgehead atoms. The summed E-state index contributed by atoms with van der Waals surface area (Å²) < 4.78 is 5.64. The van der Waals surface area contributed by atoms with E-state index in [1.54, 1.807) is 0 Å². The first-order chi connectivity index (χ1) is 14.4. The second-order valence-corrected chi connectivity index (χ2v) is 8.62. The van der Waals surface area contributed by atoms with Gasteiger partial charge in [-0.15, -0.1) is 0 Å². The number of rotatable bonds is 6. The van der Waals surface area contributed by atoms with Gasteiger partial charge in [-0.3, -0.25) is 9.69 Å². The van der Waals surface area contributed by atoms with Crippen molar-refractivity contribution in [1.29, 1.82) is 0 Å². The summed E-state index contributed by atoms with van der Waals surface area (Å²) in [4.78, 5) is 26.3. The number of hydrogen-bond donors (Lipinski definition) is 2. The Bertz CT molecular complexity index is 912. The molecule has 1 unspecified atom stereocenters. The fourth-order valence-electron chi connectivity index (χ4n) is 4.78. The Morgan fingerprint density at radius 2 is 1.73 bits per heavy atom. The molecule has 1 aliphatic heterocycles. The maximum absolute atomic E-state index is 12.7. The van der Waals surface area contributed by atoms with E-state index in [4.69, 9.17) is 4.74 Å². The lowest BCUT2D eigenvalue weighted by molar-refractivity contribution is -0.138. The Hall–Kier alpha value is -2.86. The minimum Gasteiger partial charge on any atom is -0.481 e. The number of carboxylic acids is 1. The maximum Gasteiger partial charge on any atom is 0.407 e. The maximum atomic E-state index is 12.7. The van der Waals surface area contributed by atoms with E-state index in [9.17, 15) is 14.7 Å². The van der Waals surface area contributed by atoms with Gasteiger partial charge < -0.3 is 15.2 Å². The zero-order chi connectivity index (χ0) is 21.3. The van der Waals surface area contributed by atoms with E-state index in [-0.39, 0.29) is 18.9 Å². The predicted octanol–water partition coefficient (Wildman–Crippen LogP) is 3.85. The van der Waals surface area contributed by atoms with E-state index in [0.717, 1.165) is 17.7 Å². The fraction of sp³-hybridized carbons (Fsp3) is 0.417. The average molecular weight is 408 g/mol. The molecule has 2 aliphatic rings. The summed E-state index contributed by atoms with van der Waals surface area (Å²) in [6.07, 6.45) is -0.0639. The Labute approximate surface area is 176 Å². The van der Waals surface area contributed by atoms with Gasteiger partial charge in [0.15, 0.2) is 0 Å². The first-order valence-corrected chi connectivity index (χ1v) is 10.5. The molecule has 1 saturated heterocycles. The van der Waals surface area contributed by atoms with Crippen LogP contribution in [0.2, 0.25) is 0 Å². The third-order valence-corrected chi connectivity index (χ3v) is 6.31. The normalized spacial score (nSPS) is 20.8. The first kappa shape index (κ1) is 20.4. The summed E-state index contributed by atoms with van der Waals surface area (Å²) in [5.74, 6) is -0.936. The third-order valence-electron chi connectivity index (χ3n) is 6.31. The molecule has 2 aromatic rings. The quantitative estimate of drug-likeness (QED) is 0.759. The second-order valence-electron chi connectivity index (χ2n) is 8.62. The molecule has 1 aliphatic carbocycles. The minimum atomic E-state index is -0.917. The number of fused-ring (bicyclic) bond motifs is 3. The van der Waals surface area contributed by atoms with Crippen molar-refractivity contribution in [3.8, 4) is 11.1 Å². The second kappa shape index (κ2) is 8.11. The molecule has 30 heavy (non-hydrogen) atoms. The van der Waals surface area contributed by atoms with Gasteiger partial charge in [-0.1, -0.05) is 48.5 Å². The SMILES string of the molecule is CC(C)N1CCC(CC(=O)O)(NC(=O)OCC2c3ccccc3-c3ccccc32)C1. The van der Waals surface area contributed by atoms with Crippen LogP contribution < -0.4 is 5.32 Å². The molecule has 1 atom stereocenters. The number of carbonyl (C=O) groups excluding carboxylic acids is 1. The number of aliphatic carboxylic acids is 1. The van der Waals surface area contributed by atoms with Crippen molar-refractivity contribution in [2.45, 2.75) is 44.2 Å². The Kier molecular flexibility index (Phi) is 5.52. The summed E-state index contributed by atoms with van der Waals surface area (Å²) >= 11 is 0. The van der Waals surface area contributed by atoms with E-state index < -0.39 is 17.6 Å². The van der Waals surface area contributed by atoms with Gasteiger partial charge in [0.2, 0.25) is 0 Å². The van der Waals surface area contributed by atoms with Crippen LogP contribution in [0.25, 0.3) is 11.1 Å². The van der Waals surface area contributed by atoms with Gasteiger partial charge in [0.05, 0.1) is 12.0 Å². The van der Waals surface area contributed by atoms with E-state index in [0.29, 0.717) is 19.0 Å². The topological polar surface area (TPSA) is 78.9 Å². The summed E-state index contributed by atoms with van der Waals surface area (Å²) in [5.41, 5.74) is 3.86. The van der Waals surface area contributed by atoms with Crippen LogP contribution in [0, 0.1) is 0 Å². The van der Waals surface area contributed by atoms with Crippen LogP contribution in [0.3, 0.4) is 0 Å². The summed E-state index contributed by atoms with van der Waals surface area (Å²) in [6.45, 7) is 5.64. The van der Waals surface area contributed by atoms with Gasteiger partial charge in [-0.05, 0) is 42.5 Å². The zero-order valence-electron chi connectivity index (χ0n) is 17.4. The summed E-state index contributed by atoms with van der Waals surface area (Å²) in [7, 11) is 0. The number of benzene rings is 2. The molecular weight excluding hydrogens is 380 g/mol. The van der Waals surface area contributed by atoms with Gasteiger partial charge in [-0.2, -0.15) is 0 Å².